The van der Waals surface area contributed by atoms with Gasteiger partial charge >= 0.3 is 0 Å². The van der Waals surface area contributed by atoms with E-state index in [1.807, 2.05) is 49.2 Å². The van der Waals surface area contributed by atoms with Crippen molar-refractivity contribution < 1.29 is 13.9 Å². The molecular formula is C27H29FN2O2. The van der Waals surface area contributed by atoms with Gasteiger partial charge in [-0.15, -0.1) is 0 Å². The normalized spacial score (nSPS) is 22.1. The minimum atomic E-state index is -0.795. The number of alkyl halides is 1. The highest BCUT2D eigenvalue weighted by molar-refractivity contribution is 5.97. The van der Waals surface area contributed by atoms with Gasteiger partial charge in [0.15, 0.2) is 0 Å². The molecule has 2 fully saturated rings. The van der Waals surface area contributed by atoms with Gasteiger partial charge in [-0.1, -0.05) is 48.5 Å². The van der Waals surface area contributed by atoms with Gasteiger partial charge in [0.2, 0.25) is 0 Å². The highest BCUT2D eigenvalue weighted by atomic mass is 19.1. The van der Waals surface area contributed by atoms with Crippen LogP contribution in [0.4, 0.5) is 4.39 Å². The van der Waals surface area contributed by atoms with Crippen LogP contribution in [0.3, 0.4) is 0 Å². The zero-order chi connectivity index (χ0) is 22.3. The summed E-state index contributed by atoms with van der Waals surface area (Å²) in [5.74, 6) is 0.562. The number of benzene rings is 3. The number of hydrogen-bond donors (Lipinski definition) is 1. The Morgan fingerprint density at radius 1 is 1.16 bits per heavy atom. The van der Waals surface area contributed by atoms with Crippen LogP contribution in [-0.2, 0) is 5.54 Å². The van der Waals surface area contributed by atoms with Gasteiger partial charge in [-0.25, -0.2) is 4.39 Å². The van der Waals surface area contributed by atoms with Crippen molar-refractivity contribution in [2.24, 2.45) is 0 Å². The van der Waals surface area contributed by atoms with Crippen LogP contribution in [0.15, 0.2) is 60.7 Å². The minimum absolute atomic E-state index is 0.0599. The molecule has 1 aliphatic heterocycles. The summed E-state index contributed by atoms with van der Waals surface area (Å²) >= 11 is 0. The molecule has 1 heterocycles. The van der Waals surface area contributed by atoms with Gasteiger partial charge < -0.3 is 10.1 Å². The average Bonchev–Trinajstić information content (AvgIpc) is 3.49. The quantitative estimate of drug-likeness (QED) is 0.597. The van der Waals surface area contributed by atoms with Crippen molar-refractivity contribution in [1.29, 1.82) is 0 Å². The van der Waals surface area contributed by atoms with Gasteiger partial charge in [0, 0.05) is 18.2 Å². The number of halogens is 1. The van der Waals surface area contributed by atoms with Crippen molar-refractivity contribution in [2.75, 3.05) is 20.2 Å². The first-order valence-corrected chi connectivity index (χ1v) is 11.3. The van der Waals surface area contributed by atoms with E-state index >= 15 is 0 Å². The average molecular weight is 433 g/mol. The molecule has 3 aromatic carbocycles. The second-order valence-electron chi connectivity index (χ2n) is 9.28. The fraction of sp³-hybridized carbons (Fsp3) is 0.370. The third-order valence-corrected chi connectivity index (χ3v) is 6.94. The molecule has 1 amide bonds. The minimum Gasteiger partial charge on any atom is -0.492 e. The number of likely N-dealkylation sites (tertiary alicyclic amines) is 1. The summed E-state index contributed by atoms with van der Waals surface area (Å²) in [7, 11) is 1.92. The first kappa shape index (κ1) is 21.0. The van der Waals surface area contributed by atoms with Crippen LogP contribution in [-0.4, -0.2) is 43.2 Å². The molecule has 166 valence electrons. The van der Waals surface area contributed by atoms with Crippen molar-refractivity contribution >= 4 is 16.7 Å². The predicted molar refractivity (Wildman–Crippen MR) is 125 cm³/mol. The molecule has 1 saturated heterocycles. The van der Waals surface area contributed by atoms with Crippen LogP contribution < -0.4 is 10.1 Å². The number of amides is 1. The molecule has 32 heavy (non-hydrogen) atoms. The van der Waals surface area contributed by atoms with Crippen LogP contribution in [0.2, 0.25) is 0 Å². The van der Waals surface area contributed by atoms with Crippen molar-refractivity contribution in [1.82, 2.24) is 10.2 Å². The number of likely N-dealkylation sites (N-methyl/N-ethyl adjacent to an activating group) is 1. The first-order valence-electron chi connectivity index (χ1n) is 11.3. The Labute approximate surface area is 188 Å². The third kappa shape index (κ3) is 3.97. The maximum absolute atomic E-state index is 13.6. The fourth-order valence-electron chi connectivity index (χ4n) is 4.85. The molecule has 0 radical (unpaired) electrons. The van der Waals surface area contributed by atoms with Gasteiger partial charge in [-0.3, -0.25) is 9.69 Å². The Morgan fingerprint density at radius 3 is 2.69 bits per heavy atom. The van der Waals surface area contributed by atoms with E-state index in [4.69, 9.17) is 4.74 Å². The molecule has 5 heteroatoms. The van der Waals surface area contributed by atoms with E-state index in [1.165, 1.54) is 16.3 Å². The maximum Gasteiger partial charge on any atom is 0.252 e. The number of nitrogens with one attached hydrogen (secondary N) is 1. The van der Waals surface area contributed by atoms with E-state index in [9.17, 15) is 9.18 Å². The van der Waals surface area contributed by atoms with E-state index in [0.717, 1.165) is 18.4 Å². The number of fused-ring (bicyclic) bond motifs is 1. The molecule has 3 aromatic rings. The second kappa shape index (κ2) is 8.21. The Hall–Kier alpha value is -2.92. The van der Waals surface area contributed by atoms with Crippen molar-refractivity contribution in [3.8, 4) is 5.75 Å². The van der Waals surface area contributed by atoms with Crippen molar-refractivity contribution in [3.63, 3.8) is 0 Å². The summed E-state index contributed by atoms with van der Waals surface area (Å²) in [4.78, 5) is 15.3. The van der Waals surface area contributed by atoms with Gasteiger partial charge in [-0.2, -0.15) is 0 Å². The number of nitrogens with zero attached hydrogens (tertiary/aromatic N) is 1. The Balaban J connectivity index is 1.34. The maximum atomic E-state index is 13.6. The fourth-order valence-corrected chi connectivity index (χ4v) is 4.85. The molecule has 0 unspecified atom stereocenters. The summed E-state index contributed by atoms with van der Waals surface area (Å²) in [5, 5.41) is 5.69. The number of carbonyl (C=O) groups excluding carboxylic acids is 1. The summed E-state index contributed by atoms with van der Waals surface area (Å²) < 4.78 is 19.6. The van der Waals surface area contributed by atoms with Crippen LogP contribution in [0, 0.1) is 6.92 Å². The van der Waals surface area contributed by atoms with Crippen LogP contribution in [0.25, 0.3) is 10.8 Å². The summed E-state index contributed by atoms with van der Waals surface area (Å²) in [6.07, 6.45) is 1.56. The number of hydrogen-bond acceptors (Lipinski definition) is 3. The Morgan fingerprint density at radius 2 is 1.94 bits per heavy atom. The SMILES string of the molecule is Cc1ccc(OC[C@H]2C[C@H](F)CN2C)cc1C(=O)NC1(c2cccc3ccccc23)CC1. The first-order chi connectivity index (χ1) is 15.4. The standard InChI is InChI=1S/C27H29FN2O2/c1-18-10-11-22(32-17-21-14-20(28)16-30(21)2)15-24(18)26(31)29-27(12-13-27)25-9-5-7-19-6-3-4-8-23(19)25/h3-11,15,20-21H,12-14,16-17H2,1-2H3,(H,29,31)/t20-,21+/m0/s1. The van der Waals surface area contributed by atoms with E-state index < -0.39 is 6.17 Å². The molecule has 0 bridgehead atoms. The molecule has 1 aliphatic carbocycles. The van der Waals surface area contributed by atoms with Gasteiger partial charge in [-0.05, 0) is 67.3 Å². The molecule has 5 rings (SSSR count). The monoisotopic (exact) mass is 432 g/mol. The zero-order valence-electron chi connectivity index (χ0n) is 18.6. The lowest BCUT2D eigenvalue weighted by Gasteiger charge is -2.22. The molecular weight excluding hydrogens is 403 g/mol. The van der Waals surface area contributed by atoms with E-state index in [1.54, 1.807) is 0 Å². The molecule has 2 aliphatic rings. The second-order valence-corrected chi connectivity index (χ2v) is 9.28. The molecule has 0 spiro atoms. The molecule has 0 aromatic heterocycles. The zero-order valence-corrected chi connectivity index (χ0v) is 18.6. The van der Waals surface area contributed by atoms with Crippen molar-refractivity contribution in [2.45, 2.75) is 43.9 Å². The molecule has 1 N–H and O–H groups in total. The van der Waals surface area contributed by atoms with Crippen LogP contribution in [0.5, 0.6) is 5.75 Å². The highest BCUT2D eigenvalue weighted by Gasteiger charge is 2.46. The Kier molecular flexibility index (Phi) is 5.38. The highest BCUT2D eigenvalue weighted by Crippen LogP contribution is 2.48. The van der Waals surface area contributed by atoms with Gasteiger partial charge in [0.05, 0.1) is 5.54 Å². The Bertz CT molecular complexity index is 1150. The number of rotatable bonds is 6. The van der Waals surface area contributed by atoms with Crippen molar-refractivity contribution in [3.05, 3.63) is 77.4 Å². The largest absolute Gasteiger partial charge is 0.492 e. The summed E-state index contributed by atoms with van der Waals surface area (Å²) in [6, 6.07) is 20.3. The topological polar surface area (TPSA) is 41.6 Å². The van der Waals surface area contributed by atoms with E-state index in [0.29, 0.717) is 30.9 Å². The van der Waals surface area contributed by atoms with E-state index in [2.05, 4.69) is 35.6 Å². The van der Waals surface area contributed by atoms with Gasteiger partial charge in [0.1, 0.15) is 18.5 Å². The van der Waals surface area contributed by atoms with Crippen LogP contribution >= 0.6 is 0 Å². The number of carbonyl (C=O) groups is 1. The summed E-state index contributed by atoms with van der Waals surface area (Å²) in [6.45, 7) is 2.81. The molecule has 2 atom stereocenters. The predicted octanol–water partition coefficient (Wildman–Crippen LogP) is 4.99. The summed E-state index contributed by atoms with van der Waals surface area (Å²) in [5.41, 5.74) is 2.39. The van der Waals surface area contributed by atoms with E-state index in [-0.39, 0.29) is 17.5 Å². The smallest absolute Gasteiger partial charge is 0.252 e. The number of ether oxygens (including phenoxy) is 1. The van der Waals surface area contributed by atoms with Gasteiger partial charge in [0.25, 0.3) is 5.91 Å². The lowest BCUT2D eigenvalue weighted by molar-refractivity contribution is 0.0930. The lowest BCUT2D eigenvalue weighted by atomic mass is 9.96. The molecule has 4 nitrogen and oxygen atoms in total. The third-order valence-electron chi connectivity index (χ3n) is 6.94. The number of aryl methyl sites for hydroxylation is 1. The lowest BCUT2D eigenvalue weighted by Crippen LogP contribution is -2.35. The van der Waals surface area contributed by atoms with Crippen LogP contribution in [0.1, 0.15) is 40.7 Å². The molecule has 1 saturated carbocycles.